The second-order valence-corrected chi connectivity index (χ2v) is 7.36. The molecule has 0 amide bonds. The van der Waals surface area contributed by atoms with Gasteiger partial charge in [0.2, 0.25) is 0 Å². The molecule has 4 rings (SSSR count). The molecule has 0 bridgehead atoms. The van der Waals surface area contributed by atoms with Gasteiger partial charge in [-0.2, -0.15) is 0 Å². The van der Waals surface area contributed by atoms with E-state index in [4.69, 9.17) is 0 Å². The molecule has 3 aromatic rings. The quantitative estimate of drug-likeness (QED) is 0.680. The molecule has 0 aliphatic carbocycles. The molecule has 7 heteroatoms. The van der Waals surface area contributed by atoms with Crippen molar-refractivity contribution in [3.8, 4) is 0 Å². The SMILES string of the molecule is CC(C)n1nnnc1[C@H](c1ccccc1F)N1CCN(c2ccccc2)CC1. The average Bonchev–Trinajstić information content (AvgIpc) is 3.21. The first-order valence-corrected chi connectivity index (χ1v) is 9.71. The van der Waals surface area contributed by atoms with E-state index < -0.39 is 0 Å². The molecule has 146 valence electrons. The Morgan fingerprint density at radius 2 is 1.57 bits per heavy atom. The molecular formula is C21H25FN6. The topological polar surface area (TPSA) is 50.1 Å². The minimum Gasteiger partial charge on any atom is -0.369 e. The van der Waals surface area contributed by atoms with E-state index in [2.05, 4.69) is 49.6 Å². The number of rotatable bonds is 5. The lowest BCUT2D eigenvalue weighted by Gasteiger charge is -2.40. The van der Waals surface area contributed by atoms with Gasteiger partial charge in [0.25, 0.3) is 0 Å². The van der Waals surface area contributed by atoms with Gasteiger partial charge >= 0.3 is 0 Å². The number of halogens is 1. The predicted molar refractivity (Wildman–Crippen MR) is 107 cm³/mol. The van der Waals surface area contributed by atoms with E-state index in [0.29, 0.717) is 11.4 Å². The third kappa shape index (κ3) is 3.62. The molecule has 1 fully saturated rings. The van der Waals surface area contributed by atoms with Crippen molar-refractivity contribution < 1.29 is 4.39 Å². The van der Waals surface area contributed by atoms with E-state index in [-0.39, 0.29) is 17.9 Å². The molecule has 0 N–H and O–H groups in total. The summed E-state index contributed by atoms with van der Waals surface area (Å²) in [5.74, 6) is 0.463. The summed E-state index contributed by atoms with van der Waals surface area (Å²) in [6.45, 7) is 7.42. The Labute approximate surface area is 164 Å². The third-order valence-electron chi connectivity index (χ3n) is 5.25. The van der Waals surface area contributed by atoms with Crippen molar-refractivity contribution in [3.63, 3.8) is 0 Å². The average molecular weight is 380 g/mol. The van der Waals surface area contributed by atoms with E-state index in [1.807, 2.05) is 32.0 Å². The van der Waals surface area contributed by atoms with Crippen LogP contribution in [0, 0.1) is 5.82 Å². The van der Waals surface area contributed by atoms with Crippen LogP contribution in [0.4, 0.5) is 10.1 Å². The summed E-state index contributed by atoms with van der Waals surface area (Å²) in [6, 6.07) is 17.1. The lowest BCUT2D eigenvalue weighted by molar-refractivity contribution is 0.195. The number of nitrogens with zero attached hydrogens (tertiary/aromatic N) is 6. The van der Waals surface area contributed by atoms with Crippen molar-refractivity contribution in [3.05, 3.63) is 71.8 Å². The Hall–Kier alpha value is -2.80. The summed E-state index contributed by atoms with van der Waals surface area (Å²) >= 11 is 0. The van der Waals surface area contributed by atoms with Gasteiger partial charge in [-0.1, -0.05) is 36.4 Å². The molecule has 1 aromatic heterocycles. The van der Waals surface area contributed by atoms with E-state index in [9.17, 15) is 4.39 Å². The van der Waals surface area contributed by atoms with Gasteiger partial charge in [-0.25, -0.2) is 9.07 Å². The normalized spacial score (nSPS) is 16.5. The fourth-order valence-corrected chi connectivity index (χ4v) is 3.82. The van der Waals surface area contributed by atoms with Gasteiger partial charge in [-0.05, 0) is 42.5 Å². The number of hydrogen-bond acceptors (Lipinski definition) is 5. The van der Waals surface area contributed by atoms with Crippen molar-refractivity contribution in [2.75, 3.05) is 31.1 Å². The highest BCUT2D eigenvalue weighted by atomic mass is 19.1. The molecular weight excluding hydrogens is 355 g/mol. The summed E-state index contributed by atoms with van der Waals surface area (Å²) in [4.78, 5) is 4.64. The number of aromatic nitrogens is 4. The van der Waals surface area contributed by atoms with Crippen LogP contribution in [0.25, 0.3) is 0 Å². The Morgan fingerprint density at radius 3 is 2.25 bits per heavy atom. The van der Waals surface area contributed by atoms with Crippen LogP contribution in [0.3, 0.4) is 0 Å². The van der Waals surface area contributed by atoms with Gasteiger partial charge in [0.15, 0.2) is 5.82 Å². The number of para-hydroxylation sites is 1. The molecule has 0 unspecified atom stereocenters. The molecule has 6 nitrogen and oxygen atoms in total. The molecule has 2 aromatic carbocycles. The minimum atomic E-state index is -0.309. The maximum atomic E-state index is 14.7. The summed E-state index contributed by atoms with van der Waals surface area (Å²) in [5, 5.41) is 12.3. The standard InChI is InChI=1S/C21H25FN6/c1-16(2)28-21(23-24-25-28)20(18-10-6-7-11-19(18)22)27-14-12-26(13-15-27)17-8-4-3-5-9-17/h3-11,16,20H,12-15H2,1-2H3/t20-/m0/s1. The molecule has 1 aliphatic heterocycles. The highest BCUT2D eigenvalue weighted by Gasteiger charge is 2.32. The third-order valence-corrected chi connectivity index (χ3v) is 5.25. The van der Waals surface area contributed by atoms with E-state index in [1.54, 1.807) is 10.7 Å². The van der Waals surface area contributed by atoms with E-state index in [0.717, 1.165) is 26.2 Å². The molecule has 0 spiro atoms. The fourth-order valence-electron chi connectivity index (χ4n) is 3.82. The zero-order valence-corrected chi connectivity index (χ0v) is 16.2. The van der Waals surface area contributed by atoms with Crippen LogP contribution < -0.4 is 4.90 Å². The summed E-state index contributed by atoms with van der Waals surface area (Å²) in [5.41, 5.74) is 1.84. The maximum absolute atomic E-state index is 14.7. The lowest BCUT2D eigenvalue weighted by Crippen LogP contribution is -2.48. The minimum absolute atomic E-state index is 0.102. The number of tetrazole rings is 1. The number of hydrogen-bond donors (Lipinski definition) is 0. The van der Waals surface area contributed by atoms with Crippen LogP contribution in [0.15, 0.2) is 54.6 Å². The highest BCUT2D eigenvalue weighted by molar-refractivity contribution is 5.46. The molecule has 1 atom stereocenters. The highest BCUT2D eigenvalue weighted by Crippen LogP contribution is 2.31. The van der Waals surface area contributed by atoms with Crippen molar-refractivity contribution in [1.29, 1.82) is 0 Å². The van der Waals surface area contributed by atoms with Crippen molar-refractivity contribution in [2.24, 2.45) is 0 Å². The zero-order valence-electron chi connectivity index (χ0n) is 16.2. The van der Waals surface area contributed by atoms with Gasteiger partial charge in [0.1, 0.15) is 11.9 Å². The van der Waals surface area contributed by atoms with Crippen molar-refractivity contribution in [2.45, 2.75) is 25.9 Å². The number of benzene rings is 2. The number of anilines is 1. The predicted octanol–water partition coefficient (Wildman–Crippen LogP) is 3.30. The monoisotopic (exact) mass is 380 g/mol. The first kappa shape index (κ1) is 18.6. The van der Waals surface area contributed by atoms with Crippen molar-refractivity contribution >= 4 is 5.69 Å². The molecule has 1 aliphatic rings. The second-order valence-electron chi connectivity index (χ2n) is 7.36. The Morgan fingerprint density at radius 1 is 0.893 bits per heavy atom. The Bertz CT molecular complexity index is 902. The molecule has 1 saturated heterocycles. The molecule has 2 heterocycles. The van der Waals surface area contributed by atoms with Crippen LogP contribution in [0.2, 0.25) is 0 Å². The lowest BCUT2D eigenvalue weighted by atomic mass is 10.0. The smallest absolute Gasteiger partial charge is 0.173 e. The second kappa shape index (κ2) is 8.06. The van der Waals surface area contributed by atoms with Crippen LogP contribution in [0.5, 0.6) is 0 Å². The van der Waals surface area contributed by atoms with E-state index >= 15 is 0 Å². The van der Waals surface area contributed by atoms with Gasteiger partial charge in [0, 0.05) is 37.4 Å². The van der Waals surface area contributed by atoms with Crippen LogP contribution in [-0.2, 0) is 0 Å². The van der Waals surface area contributed by atoms with Crippen LogP contribution in [-0.4, -0.2) is 51.3 Å². The van der Waals surface area contributed by atoms with E-state index in [1.165, 1.54) is 11.8 Å². The summed E-state index contributed by atoms with van der Waals surface area (Å²) in [6.07, 6.45) is 0. The zero-order chi connectivity index (χ0) is 19.5. The van der Waals surface area contributed by atoms with Crippen LogP contribution in [0.1, 0.15) is 37.3 Å². The fraction of sp³-hybridized carbons (Fsp3) is 0.381. The molecule has 0 radical (unpaired) electrons. The molecule has 0 saturated carbocycles. The van der Waals surface area contributed by atoms with Gasteiger partial charge in [0.05, 0.1) is 6.04 Å². The summed E-state index contributed by atoms with van der Waals surface area (Å²) < 4.78 is 16.5. The molecule has 28 heavy (non-hydrogen) atoms. The largest absolute Gasteiger partial charge is 0.369 e. The Balaban J connectivity index is 1.64. The van der Waals surface area contributed by atoms with Gasteiger partial charge in [-0.3, -0.25) is 4.90 Å². The summed E-state index contributed by atoms with van der Waals surface area (Å²) in [7, 11) is 0. The van der Waals surface area contributed by atoms with Gasteiger partial charge in [-0.15, -0.1) is 5.10 Å². The number of piperazine rings is 1. The maximum Gasteiger partial charge on any atom is 0.173 e. The van der Waals surface area contributed by atoms with Crippen molar-refractivity contribution in [1.82, 2.24) is 25.1 Å². The van der Waals surface area contributed by atoms with Crippen LogP contribution >= 0.6 is 0 Å². The van der Waals surface area contributed by atoms with Gasteiger partial charge < -0.3 is 4.90 Å². The first-order valence-electron chi connectivity index (χ1n) is 9.71. The Kier molecular flexibility index (Phi) is 5.34. The first-order chi connectivity index (χ1) is 13.6.